The highest BCUT2D eigenvalue weighted by Crippen LogP contribution is 2.43. The van der Waals surface area contributed by atoms with Crippen molar-refractivity contribution in [2.24, 2.45) is 5.92 Å². The molecule has 1 saturated heterocycles. The molecular formula is C34H37F2N3O6. The number of benzene rings is 3. The van der Waals surface area contributed by atoms with Crippen LogP contribution < -0.4 is 15.0 Å². The Morgan fingerprint density at radius 1 is 1.07 bits per heavy atom. The van der Waals surface area contributed by atoms with Crippen LogP contribution in [0.4, 0.5) is 20.2 Å². The summed E-state index contributed by atoms with van der Waals surface area (Å²) < 4.78 is 38.2. The summed E-state index contributed by atoms with van der Waals surface area (Å²) in [6, 6.07) is 19.2. The number of phenols is 1. The number of fused-ring (bicyclic) bond motifs is 1. The topological polar surface area (TPSA) is 112 Å². The van der Waals surface area contributed by atoms with Crippen molar-refractivity contribution >= 4 is 23.2 Å². The quantitative estimate of drug-likeness (QED) is 0.292. The lowest BCUT2D eigenvalue weighted by Crippen LogP contribution is -2.53. The van der Waals surface area contributed by atoms with E-state index in [-0.39, 0.29) is 41.6 Å². The van der Waals surface area contributed by atoms with E-state index in [2.05, 4.69) is 16.1 Å². The molecule has 45 heavy (non-hydrogen) atoms. The van der Waals surface area contributed by atoms with Crippen molar-refractivity contribution in [2.75, 3.05) is 23.3 Å². The van der Waals surface area contributed by atoms with E-state index >= 15 is 0 Å². The number of amides is 2. The minimum atomic E-state index is -3.98. The standard InChI is InChI=1S/C34H37F2N3O6/c1-33(2,3)45-32(43)38-16-15-26(22-6-4-5-21(17-22)20-7-12-25(40)13-8-20)27(19-38)30(41)39(23-9-10-23)24-11-14-29-28(18-24)37-31(42)34(35,36)44-29/h4-8,11-14,17-18,23,26-27,32,40,43H,9-10,15-16,19H2,1-3H3,(H,37,42)/t26-,27+,32?/m1/s1. The molecule has 0 spiro atoms. The van der Waals surface area contributed by atoms with Gasteiger partial charge in [0.25, 0.3) is 0 Å². The molecule has 2 amide bonds. The average Bonchev–Trinajstić information content (AvgIpc) is 3.82. The third-order valence-corrected chi connectivity index (χ3v) is 8.39. The summed E-state index contributed by atoms with van der Waals surface area (Å²) in [5, 5.41) is 23.0. The smallest absolute Gasteiger partial charge is 0.482 e. The van der Waals surface area contributed by atoms with Gasteiger partial charge in [0.2, 0.25) is 12.3 Å². The van der Waals surface area contributed by atoms with Gasteiger partial charge in [-0.2, -0.15) is 8.78 Å². The van der Waals surface area contributed by atoms with Crippen molar-refractivity contribution in [3.05, 3.63) is 72.3 Å². The molecule has 1 unspecified atom stereocenters. The van der Waals surface area contributed by atoms with Crippen LogP contribution in [0.1, 0.15) is 51.5 Å². The molecular weight excluding hydrogens is 584 g/mol. The average molecular weight is 622 g/mol. The summed E-state index contributed by atoms with van der Waals surface area (Å²) in [5.74, 6) is -2.53. The molecule has 1 aliphatic carbocycles. The SMILES string of the molecule is CC(C)(C)OC(O)N1CC[C@H](c2cccc(-c3ccc(O)cc3)c2)[C@@H](C(=O)N(c2ccc3c(c2)NC(=O)C(F)(F)O3)C2CC2)C1. The van der Waals surface area contributed by atoms with E-state index in [1.54, 1.807) is 28.0 Å². The number of halogens is 2. The molecule has 238 valence electrons. The van der Waals surface area contributed by atoms with Gasteiger partial charge in [0, 0.05) is 24.8 Å². The highest BCUT2D eigenvalue weighted by atomic mass is 19.3. The van der Waals surface area contributed by atoms with Crippen molar-refractivity contribution in [3.63, 3.8) is 0 Å². The maximum atomic E-state index is 14.7. The van der Waals surface area contributed by atoms with Crippen LogP contribution in [0.2, 0.25) is 0 Å². The van der Waals surface area contributed by atoms with Gasteiger partial charge in [-0.3, -0.25) is 14.5 Å². The van der Waals surface area contributed by atoms with Gasteiger partial charge in [0.1, 0.15) is 5.75 Å². The number of aromatic hydroxyl groups is 1. The minimum absolute atomic E-state index is 0.0688. The Balaban J connectivity index is 1.34. The zero-order chi connectivity index (χ0) is 32.1. The Kier molecular flexibility index (Phi) is 8.05. The van der Waals surface area contributed by atoms with Crippen molar-refractivity contribution in [1.29, 1.82) is 0 Å². The molecule has 3 aromatic carbocycles. The second-order valence-electron chi connectivity index (χ2n) is 12.9. The number of likely N-dealkylation sites (tertiary alicyclic amines) is 1. The van der Waals surface area contributed by atoms with E-state index in [4.69, 9.17) is 4.74 Å². The second kappa shape index (κ2) is 11.7. The van der Waals surface area contributed by atoms with Crippen molar-refractivity contribution in [2.45, 2.75) is 70.1 Å². The van der Waals surface area contributed by atoms with Crippen molar-refractivity contribution in [1.82, 2.24) is 4.90 Å². The highest BCUT2D eigenvalue weighted by molar-refractivity contribution is 6.01. The predicted molar refractivity (Wildman–Crippen MR) is 164 cm³/mol. The summed E-state index contributed by atoms with van der Waals surface area (Å²) >= 11 is 0. The zero-order valence-electron chi connectivity index (χ0n) is 25.4. The third kappa shape index (κ3) is 6.66. The van der Waals surface area contributed by atoms with Crippen LogP contribution in [0.15, 0.2) is 66.7 Å². The number of ether oxygens (including phenoxy) is 2. The van der Waals surface area contributed by atoms with Crippen LogP contribution in [0.3, 0.4) is 0 Å². The number of aliphatic hydroxyl groups is 1. The molecule has 2 aliphatic heterocycles. The molecule has 11 heteroatoms. The molecule has 9 nitrogen and oxygen atoms in total. The van der Waals surface area contributed by atoms with Gasteiger partial charge >= 0.3 is 12.0 Å². The maximum Gasteiger partial charge on any atom is 0.482 e. The third-order valence-electron chi connectivity index (χ3n) is 8.39. The summed E-state index contributed by atoms with van der Waals surface area (Å²) in [6.45, 7) is 6.27. The molecule has 3 atom stereocenters. The number of aliphatic hydroxyl groups excluding tert-OH is 1. The highest BCUT2D eigenvalue weighted by Gasteiger charge is 2.47. The maximum absolute atomic E-state index is 14.7. The van der Waals surface area contributed by atoms with Crippen LogP contribution >= 0.6 is 0 Å². The first-order chi connectivity index (χ1) is 21.3. The number of carbonyl (C=O) groups is 2. The number of alkyl halides is 2. The Morgan fingerprint density at radius 2 is 1.80 bits per heavy atom. The number of nitrogens with one attached hydrogen (secondary N) is 1. The summed E-state index contributed by atoms with van der Waals surface area (Å²) in [4.78, 5) is 30.0. The first-order valence-corrected chi connectivity index (χ1v) is 15.1. The number of hydrogen-bond acceptors (Lipinski definition) is 7. The van der Waals surface area contributed by atoms with Gasteiger partial charge in [0.15, 0.2) is 5.75 Å². The fourth-order valence-electron chi connectivity index (χ4n) is 6.08. The normalized spacial score (nSPS) is 22.1. The molecule has 2 fully saturated rings. The van der Waals surface area contributed by atoms with E-state index in [1.165, 1.54) is 12.1 Å². The fourth-order valence-corrected chi connectivity index (χ4v) is 6.08. The number of rotatable bonds is 7. The first kappa shape index (κ1) is 30.9. The molecule has 0 radical (unpaired) electrons. The van der Waals surface area contributed by atoms with Gasteiger partial charge in [-0.25, -0.2) is 0 Å². The second-order valence-corrected chi connectivity index (χ2v) is 12.9. The summed E-state index contributed by atoms with van der Waals surface area (Å²) in [6.07, 6.45) is -3.07. The van der Waals surface area contributed by atoms with E-state index < -0.39 is 29.9 Å². The molecule has 0 aromatic heterocycles. The van der Waals surface area contributed by atoms with Crippen LogP contribution in [-0.2, 0) is 14.3 Å². The Morgan fingerprint density at radius 3 is 2.49 bits per heavy atom. The van der Waals surface area contributed by atoms with Gasteiger partial charge in [-0.05, 0) is 93.0 Å². The van der Waals surface area contributed by atoms with Crippen LogP contribution in [0.25, 0.3) is 11.1 Å². The molecule has 1 saturated carbocycles. The lowest BCUT2D eigenvalue weighted by Gasteiger charge is -2.43. The van der Waals surface area contributed by atoms with Crippen LogP contribution in [0, 0.1) is 5.92 Å². The van der Waals surface area contributed by atoms with Crippen LogP contribution in [-0.4, -0.2) is 64.2 Å². The predicted octanol–water partition coefficient (Wildman–Crippen LogP) is 5.68. The van der Waals surface area contributed by atoms with Gasteiger partial charge in [-0.1, -0.05) is 36.4 Å². The number of carbonyl (C=O) groups excluding carboxylic acids is 2. The molecule has 3 N–H and O–H groups in total. The fraction of sp³-hybridized carbons (Fsp3) is 0.412. The lowest BCUT2D eigenvalue weighted by atomic mass is 9.78. The number of nitrogens with zero attached hydrogens (tertiary/aromatic N) is 2. The Hall–Kier alpha value is -4.06. The summed E-state index contributed by atoms with van der Waals surface area (Å²) in [5.41, 5.74) is 2.76. The molecule has 6 rings (SSSR count). The van der Waals surface area contributed by atoms with Crippen LogP contribution in [0.5, 0.6) is 11.5 Å². The monoisotopic (exact) mass is 621 g/mol. The van der Waals surface area contributed by atoms with Gasteiger partial charge < -0.3 is 29.9 Å². The summed E-state index contributed by atoms with van der Waals surface area (Å²) in [7, 11) is 0. The minimum Gasteiger partial charge on any atom is -0.508 e. The number of anilines is 2. The number of phenolic OH excluding ortho intramolecular Hbond substituents is 1. The molecule has 0 bridgehead atoms. The first-order valence-electron chi connectivity index (χ1n) is 15.1. The largest absolute Gasteiger partial charge is 0.508 e. The van der Waals surface area contributed by atoms with Crippen molar-refractivity contribution in [3.8, 4) is 22.6 Å². The van der Waals surface area contributed by atoms with Gasteiger partial charge in [0.05, 0.1) is 17.2 Å². The number of hydrogen-bond donors (Lipinski definition) is 3. The molecule has 2 heterocycles. The van der Waals surface area contributed by atoms with Gasteiger partial charge in [-0.15, -0.1) is 0 Å². The van der Waals surface area contributed by atoms with E-state index in [0.29, 0.717) is 18.7 Å². The molecule has 3 aliphatic rings. The van der Waals surface area contributed by atoms with E-state index in [0.717, 1.165) is 29.5 Å². The van der Waals surface area contributed by atoms with E-state index in [1.807, 2.05) is 51.1 Å². The van der Waals surface area contributed by atoms with E-state index in [9.17, 15) is 28.6 Å². The lowest BCUT2D eigenvalue weighted by molar-refractivity contribution is -0.245. The Bertz CT molecular complexity index is 1590. The van der Waals surface area contributed by atoms with Crippen molar-refractivity contribution < 1.29 is 38.1 Å². The number of piperidine rings is 1. The zero-order valence-corrected chi connectivity index (χ0v) is 25.4. The molecule has 3 aromatic rings. The Labute approximate surface area is 260 Å².